The molecule has 1 amide bonds. The van der Waals surface area contributed by atoms with E-state index >= 15 is 0 Å². The monoisotopic (exact) mass is 354 g/mol. The molecular formula is C20H22N2O4. The van der Waals surface area contributed by atoms with Crippen LogP contribution in [0.15, 0.2) is 17.7 Å². The van der Waals surface area contributed by atoms with Crippen molar-refractivity contribution in [3.05, 3.63) is 28.8 Å². The van der Waals surface area contributed by atoms with E-state index in [2.05, 4.69) is 6.92 Å². The number of amides is 1. The summed E-state index contributed by atoms with van der Waals surface area (Å²) in [5.74, 6) is -0.305. The summed E-state index contributed by atoms with van der Waals surface area (Å²) < 4.78 is 10.4. The molecule has 0 radical (unpaired) electrons. The maximum absolute atomic E-state index is 13.3. The van der Waals surface area contributed by atoms with Crippen LogP contribution in [0.3, 0.4) is 0 Å². The molecule has 0 bridgehead atoms. The molecule has 2 aliphatic rings. The summed E-state index contributed by atoms with van der Waals surface area (Å²) in [5, 5.41) is 9.57. The highest BCUT2D eigenvalue weighted by Gasteiger charge is 2.49. The van der Waals surface area contributed by atoms with Crippen LogP contribution in [0.4, 0.5) is 5.69 Å². The molecule has 0 aliphatic carbocycles. The van der Waals surface area contributed by atoms with Crippen LogP contribution >= 0.6 is 0 Å². The molecule has 0 fully saturated rings. The Bertz CT molecular complexity index is 877. The Labute approximate surface area is 153 Å². The number of nitrogens with zero attached hydrogens (tertiary/aromatic N) is 2. The van der Waals surface area contributed by atoms with Crippen LogP contribution in [0.25, 0.3) is 5.57 Å². The topological polar surface area (TPSA) is 79.6 Å². The van der Waals surface area contributed by atoms with Crippen molar-refractivity contribution >= 4 is 23.1 Å². The van der Waals surface area contributed by atoms with E-state index in [4.69, 9.17) is 9.47 Å². The molecule has 2 heterocycles. The average molecular weight is 354 g/mol. The highest BCUT2D eigenvalue weighted by atomic mass is 16.5. The fourth-order valence-electron chi connectivity index (χ4n) is 4.07. The molecule has 0 saturated heterocycles. The molecule has 26 heavy (non-hydrogen) atoms. The van der Waals surface area contributed by atoms with Gasteiger partial charge in [0.15, 0.2) is 5.57 Å². The third-order valence-electron chi connectivity index (χ3n) is 5.04. The second kappa shape index (κ2) is 6.17. The number of benzene rings is 1. The predicted molar refractivity (Wildman–Crippen MR) is 96.8 cm³/mol. The molecule has 3 rings (SSSR count). The van der Waals surface area contributed by atoms with Crippen molar-refractivity contribution < 1.29 is 19.1 Å². The van der Waals surface area contributed by atoms with Crippen LogP contribution in [0.5, 0.6) is 5.75 Å². The summed E-state index contributed by atoms with van der Waals surface area (Å²) in [6, 6.07) is 5.53. The van der Waals surface area contributed by atoms with Crippen LogP contribution < -0.4 is 9.64 Å². The van der Waals surface area contributed by atoms with Crippen LogP contribution in [0.2, 0.25) is 0 Å². The molecule has 1 aromatic rings. The summed E-state index contributed by atoms with van der Waals surface area (Å²) in [6.45, 7) is 7.90. The summed E-state index contributed by atoms with van der Waals surface area (Å²) in [6.07, 6.45) is 0.771. The normalized spacial score (nSPS) is 21.8. The summed E-state index contributed by atoms with van der Waals surface area (Å²) in [4.78, 5) is 27.3. The highest BCUT2D eigenvalue weighted by molar-refractivity contribution is 6.37. The largest absolute Gasteiger partial charge is 0.497 e. The zero-order chi connectivity index (χ0) is 19.2. The Morgan fingerprint density at radius 1 is 1.42 bits per heavy atom. The maximum Gasteiger partial charge on any atom is 0.349 e. The molecule has 6 nitrogen and oxygen atoms in total. The number of nitriles is 1. The number of carbonyl (C=O) groups excluding carboxylic acids is 2. The lowest BCUT2D eigenvalue weighted by atomic mass is 9.80. The highest BCUT2D eigenvalue weighted by Crippen LogP contribution is 2.53. The first-order valence-electron chi connectivity index (χ1n) is 8.65. The quantitative estimate of drug-likeness (QED) is 0.473. The lowest BCUT2D eigenvalue weighted by molar-refractivity contribution is -0.138. The van der Waals surface area contributed by atoms with Crippen molar-refractivity contribution in [3.8, 4) is 11.8 Å². The number of anilines is 1. The van der Waals surface area contributed by atoms with Gasteiger partial charge in [-0.05, 0) is 50.8 Å². The third kappa shape index (κ3) is 2.47. The molecule has 0 unspecified atom stereocenters. The van der Waals surface area contributed by atoms with Gasteiger partial charge in [0.1, 0.15) is 11.8 Å². The van der Waals surface area contributed by atoms with E-state index in [-0.39, 0.29) is 29.6 Å². The van der Waals surface area contributed by atoms with Gasteiger partial charge in [-0.25, -0.2) is 4.79 Å². The van der Waals surface area contributed by atoms with Crippen molar-refractivity contribution in [1.82, 2.24) is 0 Å². The maximum atomic E-state index is 13.3. The van der Waals surface area contributed by atoms with E-state index in [1.807, 2.05) is 26.0 Å². The minimum absolute atomic E-state index is 0.100. The van der Waals surface area contributed by atoms with Crippen molar-refractivity contribution in [2.75, 3.05) is 18.6 Å². The van der Waals surface area contributed by atoms with Gasteiger partial charge in [-0.2, -0.15) is 5.26 Å². The fourth-order valence-corrected chi connectivity index (χ4v) is 4.07. The Kier molecular flexibility index (Phi) is 4.27. The van der Waals surface area contributed by atoms with Crippen LogP contribution in [-0.2, 0) is 14.3 Å². The van der Waals surface area contributed by atoms with Crippen LogP contribution in [0, 0.1) is 11.3 Å². The number of hydrogen-bond acceptors (Lipinski definition) is 5. The van der Waals surface area contributed by atoms with E-state index in [1.54, 1.807) is 25.0 Å². The molecular weight excluding hydrogens is 332 g/mol. The standard InChI is InChI=1S/C20H22N2O4/c1-6-26-19(24)15(10-21)16-14-8-12(25-5)7-13-11(2)9-20(3,4)22(17(13)14)18(16)23/h7-8,11H,6,9H2,1-5H3/b16-15+/t11-/m1/s1. The molecule has 0 saturated carbocycles. The first-order chi connectivity index (χ1) is 12.3. The van der Waals surface area contributed by atoms with E-state index in [0.717, 1.165) is 17.7 Å². The fraction of sp³-hybridized carbons (Fsp3) is 0.450. The van der Waals surface area contributed by atoms with Gasteiger partial charge in [-0.15, -0.1) is 0 Å². The van der Waals surface area contributed by atoms with Crippen molar-refractivity contribution in [3.63, 3.8) is 0 Å². The Hall–Kier alpha value is -2.81. The lowest BCUT2D eigenvalue weighted by Crippen LogP contribution is -2.49. The number of ether oxygens (including phenoxy) is 2. The number of hydrogen-bond donors (Lipinski definition) is 0. The first-order valence-corrected chi connectivity index (χ1v) is 8.65. The molecule has 0 spiro atoms. The van der Waals surface area contributed by atoms with Gasteiger partial charge in [-0.3, -0.25) is 4.79 Å². The zero-order valence-corrected chi connectivity index (χ0v) is 15.7. The average Bonchev–Trinajstić information content (AvgIpc) is 2.87. The summed E-state index contributed by atoms with van der Waals surface area (Å²) >= 11 is 0. The number of rotatable bonds is 3. The van der Waals surface area contributed by atoms with Gasteiger partial charge >= 0.3 is 5.97 Å². The summed E-state index contributed by atoms with van der Waals surface area (Å²) in [7, 11) is 1.56. The SMILES string of the molecule is CCOC(=O)/C(C#N)=C1/C(=O)N2c3c1cc(OC)cc3[C@H](C)CC2(C)C. The second-order valence-electron chi connectivity index (χ2n) is 7.25. The number of methoxy groups -OCH3 is 1. The minimum Gasteiger partial charge on any atom is -0.497 e. The minimum atomic E-state index is -0.777. The van der Waals surface area contributed by atoms with Crippen LogP contribution in [0.1, 0.15) is 51.2 Å². The zero-order valence-electron chi connectivity index (χ0n) is 15.7. The van der Waals surface area contributed by atoms with Gasteiger partial charge < -0.3 is 14.4 Å². The molecule has 6 heteroatoms. The van der Waals surface area contributed by atoms with Gasteiger partial charge in [0, 0.05) is 11.1 Å². The van der Waals surface area contributed by atoms with E-state index < -0.39 is 11.5 Å². The number of esters is 1. The second-order valence-corrected chi connectivity index (χ2v) is 7.25. The number of carbonyl (C=O) groups is 2. The molecule has 136 valence electrons. The Balaban J connectivity index is 2.36. The van der Waals surface area contributed by atoms with Crippen molar-refractivity contribution in [2.45, 2.75) is 45.6 Å². The smallest absolute Gasteiger partial charge is 0.349 e. The van der Waals surface area contributed by atoms with Crippen molar-refractivity contribution in [2.24, 2.45) is 0 Å². The third-order valence-corrected chi connectivity index (χ3v) is 5.04. The van der Waals surface area contributed by atoms with E-state index in [1.165, 1.54) is 0 Å². The Morgan fingerprint density at radius 2 is 2.12 bits per heavy atom. The van der Waals surface area contributed by atoms with Gasteiger partial charge in [0.05, 0.1) is 25.0 Å². The van der Waals surface area contributed by atoms with E-state index in [0.29, 0.717) is 11.3 Å². The molecule has 2 aliphatic heterocycles. The van der Waals surface area contributed by atoms with Gasteiger partial charge in [-0.1, -0.05) is 6.92 Å². The van der Waals surface area contributed by atoms with Crippen LogP contribution in [-0.4, -0.2) is 31.1 Å². The molecule has 1 atom stereocenters. The molecule has 0 N–H and O–H groups in total. The van der Waals surface area contributed by atoms with Gasteiger partial charge in [0.2, 0.25) is 0 Å². The predicted octanol–water partition coefficient (Wildman–Crippen LogP) is 3.17. The van der Waals surface area contributed by atoms with Crippen molar-refractivity contribution in [1.29, 1.82) is 5.26 Å². The summed E-state index contributed by atoms with van der Waals surface area (Å²) in [5.41, 5.74) is 1.74. The molecule has 0 aromatic heterocycles. The Morgan fingerprint density at radius 3 is 2.69 bits per heavy atom. The van der Waals surface area contributed by atoms with Gasteiger partial charge in [0.25, 0.3) is 5.91 Å². The van der Waals surface area contributed by atoms with E-state index in [9.17, 15) is 14.9 Å². The lowest BCUT2D eigenvalue weighted by Gasteiger charge is -2.43. The molecule has 1 aromatic carbocycles. The first kappa shape index (κ1) is 18.0.